The van der Waals surface area contributed by atoms with Gasteiger partial charge in [-0.25, -0.2) is 0 Å². The highest BCUT2D eigenvalue weighted by molar-refractivity contribution is 14.1. The number of anilines is 1. The van der Waals surface area contributed by atoms with E-state index in [-0.39, 0.29) is 18.9 Å². The fourth-order valence-electron chi connectivity index (χ4n) is 1.81. The first-order valence-electron chi connectivity index (χ1n) is 4.97. The molecule has 0 saturated carbocycles. The Morgan fingerprint density at radius 2 is 2.24 bits per heavy atom. The van der Waals surface area contributed by atoms with Crippen molar-refractivity contribution in [2.24, 2.45) is 5.92 Å². The maximum Gasteiger partial charge on any atom is 0.308 e. The van der Waals surface area contributed by atoms with Crippen LogP contribution in [-0.4, -0.2) is 23.5 Å². The minimum Gasteiger partial charge on any atom is -0.481 e. The van der Waals surface area contributed by atoms with E-state index in [9.17, 15) is 9.59 Å². The van der Waals surface area contributed by atoms with Crippen molar-refractivity contribution in [1.82, 2.24) is 0 Å². The fraction of sp³-hybridized carbons (Fsp3) is 0.273. The lowest BCUT2D eigenvalue weighted by atomic mass is 10.1. The van der Waals surface area contributed by atoms with Gasteiger partial charge >= 0.3 is 5.97 Å². The van der Waals surface area contributed by atoms with Crippen LogP contribution in [0.4, 0.5) is 5.69 Å². The van der Waals surface area contributed by atoms with Gasteiger partial charge in [-0.2, -0.15) is 0 Å². The quantitative estimate of drug-likeness (QED) is 0.819. The summed E-state index contributed by atoms with van der Waals surface area (Å²) in [7, 11) is 0. The van der Waals surface area contributed by atoms with Crippen LogP contribution in [0.5, 0.6) is 0 Å². The van der Waals surface area contributed by atoms with Crippen molar-refractivity contribution in [3.8, 4) is 0 Å². The number of hydrogen-bond donors (Lipinski definition) is 1. The Labute approximate surface area is 117 Å². The summed E-state index contributed by atoms with van der Waals surface area (Å²) in [6.07, 6.45) is 0.0635. The van der Waals surface area contributed by atoms with E-state index in [2.05, 4.69) is 22.6 Å². The van der Waals surface area contributed by atoms with Crippen LogP contribution in [0.2, 0.25) is 5.02 Å². The number of hydrogen-bond acceptors (Lipinski definition) is 2. The Hall–Kier alpha value is -0.820. The first-order valence-corrected chi connectivity index (χ1v) is 6.43. The van der Waals surface area contributed by atoms with Crippen molar-refractivity contribution in [1.29, 1.82) is 0 Å². The van der Waals surface area contributed by atoms with Gasteiger partial charge in [-0.3, -0.25) is 9.59 Å². The number of halogens is 2. The predicted molar refractivity (Wildman–Crippen MR) is 72.3 cm³/mol. The van der Waals surface area contributed by atoms with Crippen molar-refractivity contribution >= 4 is 51.8 Å². The molecule has 1 aromatic rings. The van der Waals surface area contributed by atoms with E-state index in [1.54, 1.807) is 18.2 Å². The minimum atomic E-state index is -0.926. The van der Waals surface area contributed by atoms with Crippen molar-refractivity contribution in [2.75, 3.05) is 11.4 Å². The molecule has 2 rings (SSSR count). The second kappa shape index (κ2) is 4.81. The van der Waals surface area contributed by atoms with Gasteiger partial charge in [0.25, 0.3) is 0 Å². The number of amides is 1. The molecule has 1 atom stereocenters. The summed E-state index contributed by atoms with van der Waals surface area (Å²) < 4.78 is 0.842. The normalized spacial score (nSPS) is 19.8. The van der Waals surface area contributed by atoms with Gasteiger partial charge in [-0.1, -0.05) is 11.6 Å². The van der Waals surface area contributed by atoms with E-state index in [0.29, 0.717) is 5.02 Å². The largest absolute Gasteiger partial charge is 0.481 e. The van der Waals surface area contributed by atoms with Crippen LogP contribution in [0.3, 0.4) is 0 Å². The molecule has 0 spiro atoms. The lowest BCUT2D eigenvalue weighted by Crippen LogP contribution is -2.26. The summed E-state index contributed by atoms with van der Waals surface area (Å²) in [5.74, 6) is -1.70. The minimum absolute atomic E-state index is 0.0635. The third-order valence-corrected chi connectivity index (χ3v) is 3.77. The van der Waals surface area contributed by atoms with E-state index >= 15 is 0 Å². The van der Waals surface area contributed by atoms with E-state index < -0.39 is 11.9 Å². The SMILES string of the molecule is O=C(O)C1CC(=O)N(c2ccc(Cl)cc2I)C1. The highest BCUT2D eigenvalue weighted by Gasteiger charge is 2.35. The summed E-state index contributed by atoms with van der Waals surface area (Å²) in [5, 5.41) is 9.50. The molecule has 1 aliphatic heterocycles. The molecule has 6 heteroatoms. The second-order valence-electron chi connectivity index (χ2n) is 3.84. The van der Waals surface area contributed by atoms with Gasteiger partial charge in [-0.05, 0) is 40.8 Å². The first kappa shape index (κ1) is 12.6. The van der Waals surface area contributed by atoms with E-state index in [1.165, 1.54) is 4.90 Å². The summed E-state index contributed by atoms with van der Waals surface area (Å²) in [5.41, 5.74) is 0.726. The Morgan fingerprint density at radius 3 is 2.76 bits per heavy atom. The van der Waals surface area contributed by atoms with Crippen LogP contribution in [0.15, 0.2) is 18.2 Å². The van der Waals surface area contributed by atoms with Crippen LogP contribution in [0, 0.1) is 9.49 Å². The number of benzene rings is 1. The summed E-state index contributed by atoms with van der Waals surface area (Å²) in [6, 6.07) is 5.19. The van der Waals surface area contributed by atoms with Gasteiger partial charge in [-0.15, -0.1) is 0 Å². The molecule has 0 bridgehead atoms. The highest BCUT2D eigenvalue weighted by atomic mass is 127. The van der Waals surface area contributed by atoms with Gasteiger partial charge in [0.15, 0.2) is 0 Å². The van der Waals surface area contributed by atoms with Gasteiger partial charge in [0.2, 0.25) is 5.91 Å². The average Bonchev–Trinajstić information content (AvgIpc) is 2.61. The summed E-state index contributed by atoms with van der Waals surface area (Å²) in [6.45, 7) is 0.228. The molecule has 1 N–H and O–H groups in total. The van der Waals surface area contributed by atoms with Crippen LogP contribution in [0.1, 0.15) is 6.42 Å². The van der Waals surface area contributed by atoms with E-state index in [4.69, 9.17) is 16.7 Å². The number of carboxylic acid groups (broad SMARTS) is 1. The first-order chi connectivity index (χ1) is 7.99. The van der Waals surface area contributed by atoms with Crippen LogP contribution >= 0.6 is 34.2 Å². The lowest BCUT2D eigenvalue weighted by molar-refractivity contribution is -0.141. The monoisotopic (exact) mass is 365 g/mol. The van der Waals surface area contributed by atoms with E-state index in [1.807, 2.05) is 0 Å². The zero-order valence-electron chi connectivity index (χ0n) is 8.69. The number of carbonyl (C=O) groups is 2. The smallest absolute Gasteiger partial charge is 0.308 e. The molecule has 0 aromatic heterocycles. The maximum absolute atomic E-state index is 11.8. The number of carboxylic acids is 1. The molecule has 1 heterocycles. The number of rotatable bonds is 2. The van der Waals surface area contributed by atoms with Crippen LogP contribution in [-0.2, 0) is 9.59 Å². The Morgan fingerprint density at radius 1 is 1.53 bits per heavy atom. The predicted octanol–water partition coefficient (Wildman–Crippen LogP) is 2.38. The third kappa shape index (κ3) is 2.55. The van der Waals surface area contributed by atoms with Gasteiger partial charge in [0, 0.05) is 21.6 Å². The zero-order chi connectivity index (χ0) is 12.6. The molecular formula is C11H9ClINO3. The van der Waals surface area contributed by atoms with Crippen molar-refractivity contribution in [2.45, 2.75) is 6.42 Å². The molecule has 0 radical (unpaired) electrons. The third-order valence-electron chi connectivity index (χ3n) is 2.67. The molecule has 1 fully saturated rings. The molecule has 4 nitrogen and oxygen atoms in total. The van der Waals surface area contributed by atoms with Gasteiger partial charge < -0.3 is 10.0 Å². The van der Waals surface area contributed by atoms with Crippen molar-refractivity contribution in [3.05, 3.63) is 26.8 Å². The molecule has 1 aromatic carbocycles. The molecule has 1 unspecified atom stereocenters. The van der Waals surface area contributed by atoms with Crippen molar-refractivity contribution in [3.63, 3.8) is 0 Å². The Bertz CT molecular complexity index is 492. The molecule has 17 heavy (non-hydrogen) atoms. The lowest BCUT2D eigenvalue weighted by Gasteiger charge is -2.17. The van der Waals surface area contributed by atoms with Crippen LogP contribution < -0.4 is 4.90 Å². The second-order valence-corrected chi connectivity index (χ2v) is 5.44. The number of carbonyl (C=O) groups excluding carboxylic acids is 1. The highest BCUT2D eigenvalue weighted by Crippen LogP contribution is 2.30. The molecule has 90 valence electrons. The molecule has 1 saturated heterocycles. The standard InChI is InChI=1S/C11H9ClINO3/c12-7-1-2-9(8(13)4-7)14-5-6(11(16)17)3-10(14)15/h1-2,4,6H,3,5H2,(H,16,17). The zero-order valence-corrected chi connectivity index (χ0v) is 11.6. The summed E-state index contributed by atoms with van der Waals surface area (Å²) >= 11 is 7.92. The van der Waals surface area contributed by atoms with Crippen LogP contribution in [0.25, 0.3) is 0 Å². The van der Waals surface area contributed by atoms with Gasteiger partial charge in [0.1, 0.15) is 0 Å². The number of nitrogens with zero attached hydrogens (tertiary/aromatic N) is 1. The van der Waals surface area contributed by atoms with Gasteiger partial charge in [0.05, 0.1) is 11.6 Å². The summed E-state index contributed by atoms with van der Waals surface area (Å²) in [4.78, 5) is 24.1. The molecule has 0 aliphatic carbocycles. The van der Waals surface area contributed by atoms with Crippen molar-refractivity contribution < 1.29 is 14.7 Å². The molecule has 1 amide bonds. The molecule has 1 aliphatic rings. The maximum atomic E-state index is 11.8. The Kier molecular flexibility index (Phi) is 3.58. The molecular weight excluding hydrogens is 356 g/mol. The average molecular weight is 366 g/mol. The van der Waals surface area contributed by atoms with E-state index in [0.717, 1.165) is 9.26 Å². The Balaban J connectivity index is 2.29. The fourth-order valence-corrected chi connectivity index (χ4v) is 2.97. The topological polar surface area (TPSA) is 57.6 Å². The number of aliphatic carboxylic acids is 1.